The number of nitrogens with zero attached hydrogens (tertiary/aromatic N) is 1. The van der Waals surface area contributed by atoms with Crippen LogP contribution in [0.5, 0.6) is 0 Å². The molecule has 10 heteroatoms. The van der Waals surface area contributed by atoms with Crippen LogP contribution < -0.4 is 4.89 Å². The quantitative estimate of drug-likeness (QED) is 0.0125. The molecule has 0 spiro atoms. The maximum Gasteiger partial charge on any atom is 0.306 e. The Bertz CT molecular complexity index is 1180. The number of phosphoric acid groups is 1. The lowest BCUT2D eigenvalue weighted by atomic mass is 10.0. The van der Waals surface area contributed by atoms with Gasteiger partial charge in [-0.3, -0.25) is 9.36 Å². The van der Waals surface area contributed by atoms with Crippen molar-refractivity contribution in [1.82, 2.24) is 0 Å². The van der Waals surface area contributed by atoms with Crippen molar-refractivity contribution in [3.8, 4) is 0 Å². The van der Waals surface area contributed by atoms with Crippen LogP contribution in [0.2, 0.25) is 0 Å². The fraction of sp³-hybridized carbons (Fsp3) is 0.674. The van der Waals surface area contributed by atoms with E-state index in [-0.39, 0.29) is 26.2 Å². The number of carbonyl (C=O) groups excluding carboxylic acids is 1. The van der Waals surface area contributed by atoms with E-state index in [1.165, 1.54) is 64.2 Å². The van der Waals surface area contributed by atoms with Gasteiger partial charge in [0, 0.05) is 6.42 Å². The highest BCUT2D eigenvalue weighted by Crippen LogP contribution is 2.38. The zero-order chi connectivity index (χ0) is 41.4. The average Bonchev–Trinajstić information content (AvgIpc) is 3.15. The summed E-state index contributed by atoms with van der Waals surface area (Å²) >= 11 is 0. The molecule has 0 aromatic carbocycles. The Morgan fingerprint density at radius 2 is 1.29 bits per heavy atom. The maximum atomic E-state index is 12.4. The second kappa shape index (κ2) is 38.0. The molecule has 0 fully saturated rings. The molecule has 0 amide bonds. The number of carbonyl (C=O) groups is 1. The van der Waals surface area contributed by atoms with Gasteiger partial charge in [-0.1, -0.05) is 157 Å². The maximum absolute atomic E-state index is 12.4. The van der Waals surface area contributed by atoms with E-state index in [9.17, 15) is 19.4 Å². The summed E-state index contributed by atoms with van der Waals surface area (Å²) in [5, 5.41) is 10.0. The second-order valence-corrected chi connectivity index (χ2v) is 16.6. The number of aliphatic hydroxyl groups excluding tert-OH is 1. The third kappa shape index (κ3) is 41.1. The van der Waals surface area contributed by atoms with Gasteiger partial charge >= 0.3 is 5.97 Å². The Labute approximate surface area is 342 Å². The molecular formula is C46H80NO8P. The molecule has 3 atom stereocenters. The third-order valence-corrected chi connectivity index (χ3v) is 9.61. The van der Waals surface area contributed by atoms with Crippen LogP contribution in [0.25, 0.3) is 0 Å². The van der Waals surface area contributed by atoms with Crippen LogP contribution in [-0.4, -0.2) is 75.3 Å². The molecule has 0 aliphatic carbocycles. The molecule has 0 heterocycles. The number of hydrogen-bond donors (Lipinski definition) is 1. The lowest BCUT2D eigenvalue weighted by molar-refractivity contribution is -0.870. The van der Waals surface area contributed by atoms with Gasteiger partial charge in [-0.05, 0) is 57.4 Å². The first-order chi connectivity index (χ1) is 27.0. The average molecular weight is 806 g/mol. The minimum absolute atomic E-state index is 0.00386. The number of likely N-dealkylation sites (N-methyl/N-ethyl adjacent to an activating group) is 1. The van der Waals surface area contributed by atoms with Crippen molar-refractivity contribution >= 4 is 13.8 Å². The topological polar surface area (TPSA) is 114 Å². The number of rotatable bonds is 38. The number of aliphatic hydroxyl groups is 1. The van der Waals surface area contributed by atoms with Gasteiger partial charge in [-0.25, -0.2) is 0 Å². The lowest BCUT2D eigenvalue weighted by Crippen LogP contribution is -2.37. The van der Waals surface area contributed by atoms with Gasteiger partial charge in [0.2, 0.25) is 0 Å². The Kier molecular flexibility index (Phi) is 36.3. The SMILES string of the molecule is CC/C=C\C/C=C\CC(O)/C=C/C=C\C/C=C\C/C=C\CCC(=O)OC[C@H](COP(=O)([O-])OCC[N+](C)(C)C)O/C=C/CCCCCCCCCCCCCC. The summed E-state index contributed by atoms with van der Waals surface area (Å²) in [6.07, 6.45) is 47.4. The predicted molar refractivity (Wildman–Crippen MR) is 232 cm³/mol. The van der Waals surface area contributed by atoms with E-state index in [2.05, 4.69) is 44.2 Å². The standard InChI is InChI=1S/C46H80NO8P/c1-6-8-10-12-14-15-16-17-18-21-24-27-31-35-40-52-45(43-55-56(50,51)54-41-39-47(3,4)5)42-53-46(49)38-34-30-26-23-20-19-22-25-29-33-37-44(48)36-32-28-13-11-9-7-2/h9,11,19-20,25-26,28-30,32-33,35,37,40,44-45,48H,6-8,10,12-18,21-24,27,31,34,36,38-39,41-43H2,1-5H3/b11-9-,20-19-,29-25-,30-26-,32-28-,37-33+,40-35+/t44?,45-/m1/s1. The van der Waals surface area contributed by atoms with Crippen LogP contribution >= 0.6 is 7.82 Å². The molecule has 0 bridgehead atoms. The van der Waals surface area contributed by atoms with E-state index in [0.29, 0.717) is 23.9 Å². The zero-order valence-corrected chi connectivity index (χ0v) is 36.8. The Morgan fingerprint density at radius 1 is 0.696 bits per heavy atom. The number of phosphoric ester groups is 1. The predicted octanol–water partition coefficient (Wildman–Crippen LogP) is 11.2. The van der Waals surface area contributed by atoms with E-state index in [4.69, 9.17) is 18.5 Å². The Balaban J connectivity index is 4.49. The third-order valence-electron chi connectivity index (χ3n) is 8.64. The summed E-state index contributed by atoms with van der Waals surface area (Å²) in [6.45, 7) is 4.41. The zero-order valence-electron chi connectivity index (χ0n) is 35.9. The second-order valence-electron chi connectivity index (χ2n) is 15.2. The first-order valence-corrected chi connectivity index (χ1v) is 22.9. The first-order valence-electron chi connectivity index (χ1n) is 21.5. The number of quaternary nitrogens is 1. The summed E-state index contributed by atoms with van der Waals surface area (Å²) in [5.41, 5.74) is 0. The Hall–Kier alpha value is -2.52. The van der Waals surface area contributed by atoms with E-state index < -0.39 is 26.0 Å². The fourth-order valence-electron chi connectivity index (χ4n) is 5.23. The van der Waals surface area contributed by atoms with Crippen LogP contribution in [0.15, 0.2) is 85.3 Å². The van der Waals surface area contributed by atoms with Crippen molar-refractivity contribution in [1.29, 1.82) is 0 Å². The summed E-state index contributed by atoms with van der Waals surface area (Å²) < 4.78 is 34.2. The van der Waals surface area contributed by atoms with Crippen molar-refractivity contribution in [2.45, 2.75) is 154 Å². The van der Waals surface area contributed by atoms with Crippen molar-refractivity contribution in [3.05, 3.63) is 85.3 Å². The molecule has 0 radical (unpaired) electrons. The highest BCUT2D eigenvalue weighted by Gasteiger charge is 2.19. The minimum Gasteiger partial charge on any atom is -0.756 e. The van der Waals surface area contributed by atoms with E-state index in [1.807, 2.05) is 63.7 Å². The van der Waals surface area contributed by atoms with Gasteiger partial charge in [-0.2, -0.15) is 0 Å². The summed E-state index contributed by atoms with van der Waals surface area (Å²) in [5.74, 6) is -0.396. The number of unbranched alkanes of at least 4 members (excludes halogenated alkanes) is 12. The molecule has 9 nitrogen and oxygen atoms in total. The molecule has 2 unspecified atom stereocenters. The molecule has 0 rings (SSSR count). The highest BCUT2D eigenvalue weighted by molar-refractivity contribution is 7.45. The van der Waals surface area contributed by atoms with Gasteiger partial charge in [0.15, 0.2) is 6.10 Å². The van der Waals surface area contributed by atoms with Gasteiger partial charge in [0.05, 0.1) is 40.1 Å². The van der Waals surface area contributed by atoms with Crippen LogP contribution in [0.4, 0.5) is 0 Å². The normalized spacial score (nSPS) is 15.1. The molecule has 0 aromatic rings. The summed E-state index contributed by atoms with van der Waals surface area (Å²) in [4.78, 5) is 24.8. The van der Waals surface area contributed by atoms with Crippen LogP contribution in [-0.2, 0) is 27.9 Å². The Morgan fingerprint density at radius 3 is 1.93 bits per heavy atom. The van der Waals surface area contributed by atoms with Crippen LogP contribution in [0, 0.1) is 0 Å². The number of ether oxygens (including phenoxy) is 2. The van der Waals surface area contributed by atoms with E-state index >= 15 is 0 Å². The van der Waals surface area contributed by atoms with Crippen LogP contribution in [0.3, 0.4) is 0 Å². The van der Waals surface area contributed by atoms with Crippen molar-refractivity contribution in [3.63, 3.8) is 0 Å². The highest BCUT2D eigenvalue weighted by atomic mass is 31.2. The van der Waals surface area contributed by atoms with Crippen LogP contribution in [0.1, 0.15) is 142 Å². The molecule has 0 aliphatic rings. The van der Waals surface area contributed by atoms with Gasteiger partial charge in [-0.15, -0.1) is 0 Å². The smallest absolute Gasteiger partial charge is 0.306 e. The summed E-state index contributed by atoms with van der Waals surface area (Å²) in [6, 6.07) is 0. The first kappa shape index (κ1) is 53.5. The largest absolute Gasteiger partial charge is 0.756 e. The van der Waals surface area contributed by atoms with Gasteiger partial charge in [0.1, 0.15) is 19.8 Å². The van der Waals surface area contributed by atoms with E-state index in [0.717, 1.165) is 44.9 Å². The molecule has 0 aromatic heterocycles. The van der Waals surface area contributed by atoms with Crippen molar-refractivity contribution in [2.24, 2.45) is 0 Å². The molecule has 1 N–H and O–H groups in total. The number of esters is 1. The summed E-state index contributed by atoms with van der Waals surface area (Å²) in [7, 11) is 1.28. The lowest BCUT2D eigenvalue weighted by Gasteiger charge is -2.28. The monoisotopic (exact) mass is 806 g/mol. The number of allylic oxidation sites excluding steroid dienone is 11. The molecule has 56 heavy (non-hydrogen) atoms. The molecule has 0 aliphatic heterocycles. The molecule has 0 saturated heterocycles. The van der Waals surface area contributed by atoms with E-state index in [1.54, 1.807) is 12.3 Å². The van der Waals surface area contributed by atoms with Crippen molar-refractivity contribution < 1.29 is 42.4 Å². The molecule has 0 saturated carbocycles. The van der Waals surface area contributed by atoms with Gasteiger partial charge in [0.25, 0.3) is 7.82 Å². The molecule has 322 valence electrons. The van der Waals surface area contributed by atoms with Crippen molar-refractivity contribution in [2.75, 3.05) is 47.5 Å². The minimum atomic E-state index is -4.55. The molecular weight excluding hydrogens is 725 g/mol. The number of hydrogen-bond acceptors (Lipinski definition) is 8. The van der Waals surface area contributed by atoms with Gasteiger partial charge < -0.3 is 33.0 Å². The fourth-order valence-corrected chi connectivity index (χ4v) is 5.96.